The quantitative estimate of drug-likeness (QED) is 0.328. The van der Waals surface area contributed by atoms with Crippen molar-refractivity contribution >= 4 is 40.0 Å². The van der Waals surface area contributed by atoms with E-state index in [4.69, 9.17) is 5.14 Å². The third-order valence-corrected chi connectivity index (χ3v) is 4.35. The molecule has 0 atom stereocenters. The third kappa shape index (κ3) is 6.89. The first-order chi connectivity index (χ1) is 11.9. The number of aliphatic imine (C=N–C) groups is 1. The molecule has 9 heteroatoms. The van der Waals surface area contributed by atoms with Crippen LogP contribution < -0.4 is 15.8 Å². The highest BCUT2D eigenvalue weighted by molar-refractivity contribution is 14.0. The zero-order valence-corrected chi connectivity index (χ0v) is 17.4. The number of guanidine groups is 1. The van der Waals surface area contributed by atoms with E-state index in [1.165, 1.54) is 18.2 Å². The largest absolute Gasteiger partial charge is 0.357 e. The van der Waals surface area contributed by atoms with Gasteiger partial charge in [0.05, 0.1) is 11.4 Å². The Hall–Kier alpha value is -1.72. The molecule has 6 nitrogen and oxygen atoms in total. The summed E-state index contributed by atoms with van der Waals surface area (Å²) < 4.78 is 36.1. The first-order valence-electron chi connectivity index (χ1n) is 7.77. The molecular formula is C17H22FIN4O2S. The van der Waals surface area contributed by atoms with Crippen molar-refractivity contribution in [1.29, 1.82) is 0 Å². The van der Waals surface area contributed by atoms with Gasteiger partial charge in [0.15, 0.2) is 5.96 Å². The normalized spacial score (nSPS) is 11.6. The fourth-order valence-electron chi connectivity index (χ4n) is 2.12. The Labute approximate surface area is 170 Å². The Morgan fingerprint density at radius 2 is 1.77 bits per heavy atom. The number of hydrogen-bond acceptors (Lipinski definition) is 3. The molecule has 0 aliphatic rings. The number of nitrogens with two attached hydrogens (primary N) is 1. The van der Waals surface area contributed by atoms with Crippen molar-refractivity contribution in [2.45, 2.75) is 24.9 Å². The highest BCUT2D eigenvalue weighted by atomic mass is 127. The lowest BCUT2D eigenvalue weighted by molar-refractivity contribution is 0.597. The topological polar surface area (TPSA) is 96.6 Å². The lowest BCUT2D eigenvalue weighted by Gasteiger charge is -2.12. The minimum atomic E-state index is -3.70. The number of hydrogen-bond donors (Lipinski definition) is 3. The molecule has 26 heavy (non-hydrogen) atoms. The average molecular weight is 492 g/mol. The second-order valence-corrected chi connectivity index (χ2v) is 6.89. The molecule has 4 N–H and O–H groups in total. The van der Waals surface area contributed by atoms with Crippen molar-refractivity contribution in [1.82, 2.24) is 10.6 Å². The number of benzene rings is 2. The summed E-state index contributed by atoms with van der Waals surface area (Å²) in [6, 6.07) is 12.7. The number of nitrogens with one attached hydrogen (secondary N) is 2. The second-order valence-electron chi connectivity index (χ2n) is 5.33. The number of primary sulfonamides is 1. The molecule has 0 saturated heterocycles. The molecule has 0 bridgehead atoms. The molecule has 0 aromatic heterocycles. The van der Waals surface area contributed by atoms with Crippen LogP contribution in [0.3, 0.4) is 0 Å². The Morgan fingerprint density at radius 1 is 1.12 bits per heavy atom. The van der Waals surface area contributed by atoms with Crippen molar-refractivity contribution in [2.75, 3.05) is 6.54 Å². The van der Waals surface area contributed by atoms with Crippen LogP contribution in [-0.2, 0) is 23.1 Å². The van der Waals surface area contributed by atoms with Crippen LogP contribution in [0.5, 0.6) is 0 Å². The van der Waals surface area contributed by atoms with Crippen LogP contribution >= 0.6 is 24.0 Å². The summed E-state index contributed by atoms with van der Waals surface area (Å²) in [5.74, 6) is 0.269. The molecule has 0 aliphatic heterocycles. The number of nitrogens with zero attached hydrogens (tertiary/aromatic N) is 1. The summed E-state index contributed by atoms with van der Waals surface area (Å²) in [4.78, 5) is 4.47. The summed E-state index contributed by atoms with van der Waals surface area (Å²) in [5.41, 5.74) is 1.38. The van der Waals surface area contributed by atoms with Gasteiger partial charge in [0.25, 0.3) is 0 Å². The molecule has 0 radical (unpaired) electrons. The van der Waals surface area contributed by atoms with E-state index in [0.29, 0.717) is 31.2 Å². The lowest BCUT2D eigenvalue weighted by atomic mass is 10.2. The third-order valence-electron chi connectivity index (χ3n) is 3.42. The first-order valence-corrected chi connectivity index (χ1v) is 9.32. The van der Waals surface area contributed by atoms with Gasteiger partial charge in [-0.2, -0.15) is 0 Å². The van der Waals surface area contributed by atoms with E-state index in [9.17, 15) is 12.8 Å². The number of sulfonamides is 1. The lowest BCUT2D eigenvalue weighted by Crippen LogP contribution is -2.37. The van der Waals surface area contributed by atoms with Gasteiger partial charge < -0.3 is 10.6 Å². The Kier molecular flexibility index (Phi) is 8.96. The van der Waals surface area contributed by atoms with Gasteiger partial charge in [0.1, 0.15) is 5.82 Å². The van der Waals surface area contributed by atoms with Gasteiger partial charge >= 0.3 is 0 Å². The van der Waals surface area contributed by atoms with Gasteiger partial charge in [0.2, 0.25) is 10.0 Å². The van der Waals surface area contributed by atoms with Gasteiger partial charge in [0, 0.05) is 18.7 Å². The van der Waals surface area contributed by atoms with Gasteiger partial charge in [-0.05, 0) is 30.7 Å². The molecule has 2 aromatic carbocycles. The summed E-state index contributed by atoms with van der Waals surface area (Å²) in [7, 11) is -3.70. The van der Waals surface area contributed by atoms with E-state index in [2.05, 4.69) is 15.6 Å². The molecule has 0 amide bonds. The maximum Gasteiger partial charge on any atom is 0.238 e. The fourth-order valence-corrected chi connectivity index (χ4v) is 2.63. The molecule has 0 saturated carbocycles. The van der Waals surface area contributed by atoms with Gasteiger partial charge in [-0.15, -0.1) is 24.0 Å². The molecule has 142 valence electrons. The monoisotopic (exact) mass is 492 g/mol. The molecule has 2 rings (SSSR count). The highest BCUT2D eigenvalue weighted by Gasteiger charge is 2.07. The van der Waals surface area contributed by atoms with Crippen molar-refractivity contribution in [3.05, 3.63) is 65.5 Å². The summed E-state index contributed by atoms with van der Waals surface area (Å²) in [6.07, 6.45) is 0. The van der Waals surface area contributed by atoms with Gasteiger partial charge in [-0.3, -0.25) is 0 Å². The minimum Gasteiger partial charge on any atom is -0.357 e. The number of halogens is 2. The molecule has 0 spiro atoms. The Balaban J connectivity index is 0.00000338. The summed E-state index contributed by atoms with van der Waals surface area (Å²) in [6.45, 7) is 3.25. The molecule has 0 heterocycles. The van der Waals surface area contributed by atoms with Crippen molar-refractivity contribution in [2.24, 2.45) is 10.1 Å². The Morgan fingerprint density at radius 3 is 2.35 bits per heavy atom. The SMILES string of the molecule is CCNC(=NCc1ccc(S(N)(=O)=O)cc1)NCc1ccccc1F.I. The van der Waals surface area contributed by atoms with E-state index in [-0.39, 0.29) is 34.7 Å². The first kappa shape index (κ1) is 22.3. The van der Waals surface area contributed by atoms with Crippen molar-refractivity contribution < 1.29 is 12.8 Å². The number of rotatable bonds is 6. The van der Waals surface area contributed by atoms with Gasteiger partial charge in [-0.1, -0.05) is 30.3 Å². The molecular weight excluding hydrogens is 470 g/mol. The van der Waals surface area contributed by atoms with Crippen LogP contribution in [0.15, 0.2) is 58.4 Å². The maximum atomic E-state index is 13.7. The van der Waals surface area contributed by atoms with Crippen LogP contribution in [0.1, 0.15) is 18.1 Å². The smallest absolute Gasteiger partial charge is 0.238 e. The van der Waals surface area contributed by atoms with Crippen LogP contribution in [0.4, 0.5) is 4.39 Å². The van der Waals surface area contributed by atoms with Crippen LogP contribution in [-0.4, -0.2) is 20.9 Å². The average Bonchev–Trinajstić information content (AvgIpc) is 2.58. The minimum absolute atomic E-state index is 0. The highest BCUT2D eigenvalue weighted by Crippen LogP contribution is 2.10. The van der Waals surface area contributed by atoms with E-state index < -0.39 is 10.0 Å². The predicted octanol–water partition coefficient (Wildman–Crippen LogP) is 2.35. The Bertz CT molecular complexity index is 842. The van der Waals surface area contributed by atoms with Crippen LogP contribution in [0.25, 0.3) is 0 Å². The van der Waals surface area contributed by atoms with Crippen LogP contribution in [0.2, 0.25) is 0 Å². The van der Waals surface area contributed by atoms with E-state index in [0.717, 1.165) is 5.56 Å². The zero-order chi connectivity index (χ0) is 18.3. The van der Waals surface area contributed by atoms with Gasteiger partial charge in [-0.25, -0.2) is 22.9 Å². The summed E-state index contributed by atoms with van der Waals surface area (Å²) >= 11 is 0. The van der Waals surface area contributed by atoms with E-state index in [1.54, 1.807) is 30.3 Å². The van der Waals surface area contributed by atoms with Crippen molar-refractivity contribution in [3.8, 4) is 0 Å². The summed E-state index contributed by atoms with van der Waals surface area (Å²) in [5, 5.41) is 11.2. The van der Waals surface area contributed by atoms with E-state index >= 15 is 0 Å². The standard InChI is InChI=1S/C17H21FN4O2S.HI/c1-2-20-17(22-12-14-5-3-4-6-16(14)18)21-11-13-7-9-15(10-8-13)25(19,23)24;/h3-10H,2,11-12H2,1H3,(H2,19,23,24)(H2,20,21,22);1H. The maximum absolute atomic E-state index is 13.7. The zero-order valence-electron chi connectivity index (χ0n) is 14.3. The fraction of sp³-hybridized carbons (Fsp3) is 0.235. The molecule has 0 unspecified atom stereocenters. The van der Waals surface area contributed by atoms with E-state index in [1.807, 2.05) is 6.92 Å². The molecule has 2 aromatic rings. The molecule has 0 fully saturated rings. The second kappa shape index (κ2) is 10.4. The van der Waals surface area contributed by atoms with Crippen LogP contribution in [0, 0.1) is 5.82 Å². The van der Waals surface area contributed by atoms with Crippen molar-refractivity contribution in [3.63, 3.8) is 0 Å². The predicted molar refractivity (Wildman–Crippen MR) is 111 cm³/mol. The molecule has 0 aliphatic carbocycles.